The topological polar surface area (TPSA) is 49.0 Å². The van der Waals surface area contributed by atoms with Crippen molar-refractivity contribution < 1.29 is 16.5 Å². The molecule has 10 aromatic carbocycles. The number of hydrogen-bond donors (Lipinski definition) is 0. The number of ether oxygens (including phenoxy) is 1. The second-order valence-electron chi connectivity index (χ2n) is 20.7. The zero-order valence-corrected chi connectivity index (χ0v) is 42.0. The Kier molecular flexibility index (Phi) is 9.26. The van der Waals surface area contributed by atoms with E-state index in [-0.39, 0.29) is 17.5 Å². The largest absolute Gasteiger partial charge is 0.458 e. The van der Waals surface area contributed by atoms with Gasteiger partial charge in [-0.05, 0) is 128 Å². The molecule has 6 nitrogen and oxygen atoms in total. The van der Waals surface area contributed by atoms with Crippen LogP contribution in [0, 0.1) is 6.33 Å². The number of pyridine rings is 1. The van der Waals surface area contributed by atoms with E-state index >= 15 is 0 Å². The summed E-state index contributed by atoms with van der Waals surface area (Å²) >= 11 is 0. The first-order valence-corrected chi connectivity index (χ1v) is 25.8. The Bertz CT molecular complexity index is 4790. The minimum atomic E-state index is -0.0507. The first-order chi connectivity index (χ1) is 38.2. The Hall–Kier alpha value is -9.78. The van der Waals surface area contributed by atoms with E-state index in [1.54, 1.807) is 0 Å². The number of imidazole rings is 1. The molecule has 15 rings (SSSR count). The van der Waals surface area contributed by atoms with Crippen LogP contribution in [0.3, 0.4) is 0 Å². The highest BCUT2D eigenvalue weighted by molar-refractivity contribution is 6.12. The molecule has 6 heteroatoms. The van der Waals surface area contributed by atoms with Crippen LogP contribution in [0.2, 0.25) is 0 Å². The van der Waals surface area contributed by atoms with Crippen molar-refractivity contribution in [3.05, 3.63) is 249 Å². The van der Waals surface area contributed by atoms with Crippen LogP contribution in [0.4, 0.5) is 0 Å². The van der Waals surface area contributed by atoms with Crippen LogP contribution >= 0.6 is 0 Å². The van der Waals surface area contributed by atoms with Gasteiger partial charge in [-0.3, -0.25) is 13.7 Å². The molecule has 0 bridgehead atoms. The van der Waals surface area contributed by atoms with Crippen LogP contribution in [0.5, 0.6) is 11.5 Å². The second-order valence-corrected chi connectivity index (χ2v) is 20.7. The number of fused-ring (bicyclic) bond motifs is 13. The first-order valence-electron chi connectivity index (χ1n) is 26.8. The molecule has 0 atom stereocenters. The highest BCUT2D eigenvalue weighted by Gasteiger charge is 2.28. The van der Waals surface area contributed by atoms with E-state index in [0.717, 1.165) is 99.9 Å². The number of para-hydroxylation sites is 4. The normalized spacial score (nSPS) is 12.5. The summed E-state index contributed by atoms with van der Waals surface area (Å²) in [5.74, 6) is 2.21. The lowest BCUT2D eigenvalue weighted by atomic mass is 9.88. The Morgan fingerprint density at radius 1 is 0.500 bits per heavy atom. The smallest absolute Gasteiger partial charge is 0.269 e. The number of benzene rings is 10. The molecule has 0 saturated heterocycles. The predicted molar refractivity (Wildman–Crippen MR) is 309 cm³/mol. The van der Waals surface area contributed by atoms with Crippen LogP contribution in [0.1, 0.15) is 29.1 Å². The van der Waals surface area contributed by atoms with Crippen LogP contribution in [0.25, 0.3) is 128 Å². The van der Waals surface area contributed by atoms with Gasteiger partial charge in [0.1, 0.15) is 28.5 Å². The average molecular weight is 979 g/mol. The highest BCUT2D eigenvalue weighted by Crippen LogP contribution is 2.47. The fourth-order valence-corrected chi connectivity index (χ4v) is 11.6. The van der Waals surface area contributed by atoms with Gasteiger partial charge in [0, 0.05) is 39.4 Å². The molecular weight excluding hydrogens is 929 g/mol. The van der Waals surface area contributed by atoms with E-state index in [1.807, 2.05) is 79.0 Å². The fraction of sp³-hybridized carbons (Fsp3) is 0.0571. The van der Waals surface area contributed by atoms with Crippen molar-refractivity contribution in [1.29, 1.82) is 0 Å². The molecule has 360 valence electrons. The van der Waals surface area contributed by atoms with Crippen molar-refractivity contribution in [2.75, 3.05) is 0 Å². The van der Waals surface area contributed by atoms with Crippen molar-refractivity contribution in [2.45, 2.75) is 26.2 Å². The molecule has 0 N–H and O–H groups in total. The van der Waals surface area contributed by atoms with E-state index in [1.165, 1.54) is 5.56 Å². The lowest BCUT2D eigenvalue weighted by Crippen LogP contribution is -2.32. The zero-order chi connectivity index (χ0) is 52.4. The summed E-state index contributed by atoms with van der Waals surface area (Å²) in [6, 6.07) is 75.5. The van der Waals surface area contributed by atoms with Crippen molar-refractivity contribution in [3.63, 3.8) is 0 Å². The maximum atomic E-state index is 10.3. The predicted octanol–water partition coefficient (Wildman–Crippen LogP) is 17.8. The maximum absolute atomic E-state index is 10.3. The molecule has 14 aromatic rings. The van der Waals surface area contributed by atoms with Crippen LogP contribution in [-0.4, -0.2) is 14.1 Å². The van der Waals surface area contributed by atoms with Crippen LogP contribution < -0.4 is 9.30 Å². The molecular formula is C70H48N4O2. The van der Waals surface area contributed by atoms with Gasteiger partial charge in [-0.1, -0.05) is 178 Å². The van der Waals surface area contributed by atoms with Gasteiger partial charge in [0.25, 0.3) is 6.33 Å². The zero-order valence-electron chi connectivity index (χ0n) is 44.0. The van der Waals surface area contributed by atoms with Crippen molar-refractivity contribution in [3.8, 4) is 84.3 Å². The van der Waals surface area contributed by atoms with Gasteiger partial charge < -0.3 is 9.15 Å². The third-order valence-corrected chi connectivity index (χ3v) is 15.1. The molecule has 76 heavy (non-hydrogen) atoms. The van der Waals surface area contributed by atoms with Gasteiger partial charge in [0.2, 0.25) is 0 Å². The van der Waals surface area contributed by atoms with E-state index in [2.05, 4.69) is 186 Å². The standard InChI is InChI=1S/C70H48N4O2/c1-70(2,3)46-36-37-71-66(40-46)74-62-31-13-11-26-55(62)56-35-34-49(42-64(56)74)75-48-21-15-20-47(41-48)72-43-73-67-50(45-38-60(44-18-5-4-6-19-44)69-61(39-45)57-27-12-14-33-65(57)76-69)28-16-29-58(67)53-24-9-7-22-51(53)52-23-8-10-25-54(52)59-30-17-32-63(72)68(59)73/h4-42H,1-3H3/i38D,39D. The molecule has 0 unspecified atom stereocenters. The van der Waals surface area contributed by atoms with Crippen molar-refractivity contribution in [2.24, 2.45) is 0 Å². The lowest BCUT2D eigenvalue weighted by molar-refractivity contribution is -0.570. The van der Waals surface area contributed by atoms with Gasteiger partial charge in [0.05, 0.1) is 36.2 Å². The van der Waals surface area contributed by atoms with Gasteiger partial charge in [-0.25, -0.2) is 4.98 Å². The summed E-state index contributed by atoms with van der Waals surface area (Å²) in [6.45, 7) is 6.68. The van der Waals surface area contributed by atoms with Crippen LogP contribution in [-0.2, 0) is 5.41 Å². The average Bonchev–Trinajstić information content (AvgIpc) is 4.28. The van der Waals surface area contributed by atoms with Crippen LogP contribution in [0.15, 0.2) is 241 Å². The minimum Gasteiger partial charge on any atom is -0.458 e. The minimum absolute atomic E-state index is 0.0507. The monoisotopic (exact) mass is 978 g/mol. The fourth-order valence-electron chi connectivity index (χ4n) is 11.6. The summed E-state index contributed by atoms with van der Waals surface area (Å²) < 4.78 is 40.6. The van der Waals surface area contributed by atoms with Gasteiger partial charge in [0.15, 0.2) is 0 Å². The van der Waals surface area contributed by atoms with E-state index < -0.39 is 0 Å². The molecule has 4 aromatic heterocycles. The number of aromatic nitrogens is 4. The van der Waals surface area contributed by atoms with Gasteiger partial charge in [-0.2, -0.15) is 0 Å². The number of nitrogens with zero attached hydrogens (tertiary/aromatic N) is 4. The molecule has 0 radical (unpaired) electrons. The summed E-state index contributed by atoms with van der Waals surface area (Å²) in [5, 5.41) is 3.76. The molecule has 0 fully saturated rings. The van der Waals surface area contributed by atoms with Crippen molar-refractivity contribution in [1.82, 2.24) is 14.1 Å². The maximum Gasteiger partial charge on any atom is 0.269 e. The third-order valence-electron chi connectivity index (χ3n) is 15.1. The van der Waals surface area contributed by atoms with Gasteiger partial charge in [-0.15, -0.1) is 0 Å². The molecule has 0 spiro atoms. The SMILES string of the molecule is [2H]c1c(-c2cccc3c2-[n+]2[c-]n(-c4cccc(Oc5ccc6c7ccccc7n(-c7cc(C(C)(C)C)ccn7)c6c5)c4)c4cccc(c42)-c2ccccc2-c2ccccc2-3)c([2H])c2c(oc3ccccc32)c1-c1ccccc1. The summed E-state index contributed by atoms with van der Waals surface area (Å²) in [4.78, 5) is 4.91. The molecule has 0 saturated carbocycles. The number of furan rings is 1. The van der Waals surface area contributed by atoms with E-state index in [0.29, 0.717) is 39.2 Å². The molecule has 0 aliphatic carbocycles. The van der Waals surface area contributed by atoms with Crippen molar-refractivity contribution >= 4 is 54.8 Å². The number of hydrogen-bond acceptors (Lipinski definition) is 3. The van der Waals surface area contributed by atoms with Gasteiger partial charge >= 0.3 is 0 Å². The molecule has 1 aliphatic rings. The van der Waals surface area contributed by atoms with E-state index in [9.17, 15) is 2.74 Å². The summed E-state index contributed by atoms with van der Waals surface area (Å²) in [6.07, 6.45) is 5.82. The highest BCUT2D eigenvalue weighted by atomic mass is 16.5. The Morgan fingerprint density at radius 2 is 1.13 bits per heavy atom. The summed E-state index contributed by atoms with van der Waals surface area (Å²) in [5.41, 5.74) is 16.9. The Balaban J connectivity index is 0.956. The first kappa shape index (κ1) is 41.7. The number of rotatable bonds is 6. The Labute approximate surface area is 442 Å². The summed E-state index contributed by atoms with van der Waals surface area (Å²) in [7, 11) is 0. The Morgan fingerprint density at radius 3 is 1.95 bits per heavy atom. The molecule has 0 amide bonds. The second kappa shape index (κ2) is 16.9. The molecule has 5 heterocycles. The molecule has 1 aliphatic heterocycles. The quantitative estimate of drug-likeness (QED) is 0.123. The third kappa shape index (κ3) is 6.88. The van der Waals surface area contributed by atoms with E-state index in [4.69, 9.17) is 14.1 Å². The lowest BCUT2D eigenvalue weighted by Gasteiger charge is -2.20.